The molecule has 0 saturated carbocycles. The summed E-state index contributed by atoms with van der Waals surface area (Å²) < 4.78 is 13.3. The molecule has 6 nitrogen and oxygen atoms in total. The van der Waals surface area contributed by atoms with E-state index in [9.17, 15) is 0 Å². The summed E-state index contributed by atoms with van der Waals surface area (Å²) in [6.07, 6.45) is 0. The van der Waals surface area contributed by atoms with Gasteiger partial charge in [0.2, 0.25) is 0 Å². The molecule has 4 aromatic rings. The van der Waals surface area contributed by atoms with Crippen LogP contribution in [0, 0.1) is 18.7 Å². The number of nitrogens with one attached hydrogen (secondary N) is 2. The van der Waals surface area contributed by atoms with Gasteiger partial charge in [-0.3, -0.25) is 0 Å². The third-order valence-corrected chi connectivity index (χ3v) is 6.15. The number of anilines is 1. The van der Waals surface area contributed by atoms with Gasteiger partial charge in [0, 0.05) is 34.6 Å². The summed E-state index contributed by atoms with van der Waals surface area (Å²) in [5.41, 5.74) is 5.77. The number of hydrogen-bond donors (Lipinski definition) is 2. The number of hydrogen-bond acceptors (Lipinski definition) is 6. The maximum Gasteiger partial charge on any atom is 0.298 e. The molecule has 1 fully saturated rings. The zero-order valence-electron chi connectivity index (χ0n) is 16.9. The topological polar surface area (TPSA) is 70.2 Å². The molecule has 0 unspecified atom stereocenters. The highest BCUT2D eigenvalue weighted by Gasteiger charge is 2.23. The van der Waals surface area contributed by atoms with Crippen LogP contribution in [-0.2, 0) is 0 Å². The highest BCUT2D eigenvalue weighted by Crippen LogP contribution is 2.29. The van der Waals surface area contributed by atoms with E-state index in [1.807, 2.05) is 32.0 Å². The molecule has 30 heavy (non-hydrogen) atoms. The van der Waals surface area contributed by atoms with Crippen LogP contribution in [-0.4, -0.2) is 35.6 Å². The second-order valence-corrected chi connectivity index (χ2v) is 9.63. The van der Waals surface area contributed by atoms with Crippen molar-refractivity contribution in [3.8, 4) is 0 Å². The standard InChI is InChI=1S/C13H16BrN3O.C8H6BrNOS/c1-8-5-10(14)6-11-12(8)18-13(16-11)17-4-3-15-7-9(17)2;1-4-2-5(9)3-6-7(4)11-8(12)10-6/h5-6,9,15H,3-4,7H2,1-2H3;2-3H,1H3,(H,10,12)/t9-;/m0./s1. The molecule has 3 heterocycles. The average Bonchev–Trinajstić information content (AvgIpc) is 3.26. The number of halogens is 2. The molecule has 2 aromatic heterocycles. The monoisotopic (exact) mass is 552 g/mol. The summed E-state index contributed by atoms with van der Waals surface area (Å²) in [6, 6.07) is 9.15. The van der Waals surface area contributed by atoms with E-state index in [-0.39, 0.29) is 0 Å². The Bertz CT molecular complexity index is 1260. The third-order valence-electron chi connectivity index (χ3n) is 5.05. The fourth-order valence-corrected chi connectivity index (χ4v) is 4.91. The molecule has 0 radical (unpaired) electrons. The molecule has 0 aliphatic carbocycles. The molecule has 5 rings (SSSR count). The maximum absolute atomic E-state index is 5.93. The van der Waals surface area contributed by atoms with Crippen LogP contribution in [0.4, 0.5) is 6.01 Å². The van der Waals surface area contributed by atoms with Crippen LogP contribution < -0.4 is 10.2 Å². The Balaban J connectivity index is 0.000000158. The Kier molecular flexibility index (Phi) is 6.34. The number of benzene rings is 2. The lowest BCUT2D eigenvalue weighted by molar-refractivity contribution is 0.456. The van der Waals surface area contributed by atoms with Gasteiger partial charge < -0.3 is 24.0 Å². The third kappa shape index (κ3) is 4.49. The largest absolute Gasteiger partial charge is 0.429 e. The van der Waals surface area contributed by atoms with Gasteiger partial charge in [-0.1, -0.05) is 31.9 Å². The van der Waals surface area contributed by atoms with Crippen LogP contribution in [0.2, 0.25) is 0 Å². The average molecular weight is 554 g/mol. The lowest BCUT2D eigenvalue weighted by Crippen LogP contribution is -2.50. The SMILES string of the molecule is Cc1cc(Br)cc2[nH]c(=S)oc12.Cc1cc(Br)cc2nc(N3CCNC[C@@H]3C)oc12. The van der Waals surface area contributed by atoms with Crippen LogP contribution in [0.5, 0.6) is 0 Å². The first-order chi connectivity index (χ1) is 14.3. The summed E-state index contributed by atoms with van der Waals surface area (Å²) in [6.45, 7) is 9.10. The first-order valence-corrected chi connectivity index (χ1v) is 11.6. The number of fused-ring (bicyclic) bond motifs is 2. The van der Waals surface area contributed by atoms with Gasteiger partial charge in [0.15, 0.2) is 11.2 Å². The van der Waals surface area contributed by atoms with Gasteiger partial charge in [-0.2, -0.15) is 4.98 Å². The van der Waals surface area contributed by atoms with Gasteiger partial charge in [0.25, 0.3) is 10.9 Å². The van der Waals surface area contributed by atoms with E-state index in [2.05, 4.69) is 65.0 Å². The number of piperazine rings is 1. The molecule has 1 aliphatic heterocycles. The highest BCUT2D eigenvalue weighted by molar-refractivity contribution is 9.10. The minimum Gasteiger partial charge on any atom is -0.429 e. The first-order valence-electron chi connectivity index (χ1n) is 9.65. The zero-order valence-corrected chi connectivity index (χ0v) is 20.9. The van der Waals surface area contributed by atoms with Gasteiger partial charge >= 0.3 is 0 Å². The second kappa shape index (κ2) is 8.82. The van der Waals surface area contributed by atoms with E-state index in [1.165, 1.54) is 0 Å². The quantitative estimate of drug-likeness (QED) is 0.271. The van der Waals surface area contributed by atoms with Crippen molar-refractivity contribution in [2.75, 3.05) is 24.5 Å². The maximum atomic E-state index is 5.93. The van der Waals surface area contributed by atoms with Crippen LogP contribution >= 0.6 is 44.1 Å². The van der Waals surface area contributed by atoms with E-state index < -0.39 is 0 Å². The fraction of sp³-hybridized carbons (Fsp3) is 0.333. The van der Waals surface area contributed by atoms with Crippen molar-refractivity contribution in [1.29, 1.82) is 0 Å². The van der Waals surface area contributed by atoms with Crippen molar-refractivity contribution in [3.05, 3.63) is 49.2 Å². The number of rotatable bonds is 1. The number of H-pyrrole nitrogens is 1. The Morgan fingerprint density at radius 1 is 1.07 bits per heavy atom. The Morgan fingerprint density at radius 3 is 2.50 bits per heavy atom. The highest BCUT2D eigenvalue weighted by atomic mass is 79.9. The van der Waals surface area contributed by atoms with Crippen LogP contribution in [0.25, 0.3) is 22.2 Å². The molecule has 9 heteroatoms. The van der Waals surface area contributed by atoms with Crippen molar-refractivity contribution in [3.63, 3.8) is 0 Å². The molecule has 0 amide bonds. The Morgan fingerprint density at radius 2 is 1.77 bits per heavy atom. The molecule has 1 aliphatic rings. The number of oxazole rings is 2. The summed E-state index contributed by atoms with van der Waals surface area (Å²) in [5.74, 6) is 0. The van der Waals surface area contributed by atoms with E-state index in [0.29, 0.717) is 10.9 Å². The van der Waals surface area contributed by atoms with E-state index in [1.54, 1.807) is 0 Å². The molecule has 0 spiro atoms. The predicted molar refractivity (Wildman–Crippen MR) is 130 cm³/mol. The van der Waals surface area contributed by atoms with E-state index >= 15 is 0 Å². The van der Waals surface area contributed by atoms with Crippen molar-refractivity contribution >= 4 is 72.3 Å². The lowest BCUT2D eigenvalue weighted by atomic mass is 10.2. The van der Waals surface area contributed by atoms with Crippen molar-refractivity contribution in [2.45, 2.75) is 26.8 Å². The number of nitrogens with zero attached hydrogens (tertiary/aromatic N) is 2. The molecule has 1 atom stereocenters. The predicted octanol–water partition coefficient (Wildman–Crippen LogP) is 6.26. The second-order valence-electron chi connectivity index (χ2n) is 7.43. The fourth-order valence-electron chi connectivity index (χ4n) is 3.58. The van der Waals surface area contributed by atoms with Gasteiger partial charge in [-0.25, -0.2) is 0 Å². The molecular weight excluding hydrogens is 532 g/mol. The normalized spacial score (nSPS) is 16.7. The van der Waals surface area contributed by atoms with Crippen LogP contribution in [0.1, 0.15) is 18.1 Å². The molecular formula is C21H22Br2N4O2S. The number of aromatic nitrogens is 2. The zero-order chi connectivity index (χ0) is 21.4. The van der Waals surface area contributed by atoms with Crippen molar-refractivity contribution < 1.29 is 8.83 Å². The summed E-state index contributed by atoms with van der Waals surface area (Å²) >= 11 is 11.8. The van der Waals surface area contributed by atoms with E-state index in [4.69, 9.17) is 21.1 Å². The summed E-state index contributed by atoms with van der Waals surface area (Å²) in [7, 11) is 0. The van der Waals surface area contributed by atoms with Gasteiger partial charge in [-0.15, -0.1) is 0 Å². The minimum atomic E-state index is 0.413. The van der Waals surface area contributed by atoms with Crippen LogP contribution in [0.3, 0.4) is 0 Å². The van der Waals surface area contributed by atoms with Gasteiger partial charge in [-0.05, 0) is 68.4 Å². The first kappa shape index (κ1) is 21.5. The molecule has 1 saturated heterocycles. The molecule has 2 aromatic carbocycles. The molecule has 0 bridgehead atoms. The number of aryl methyl sites for hydroxylation is 2. The molecule has 158 valence electrons. The lowest BCUT2D eigenvalue weighted by Gasteiger charge is -2.32. The summed E-state index contributed by atoms with van der Waals surface area (Å²) in [5, 5.41) is 3.37. The minimum absolute atomic E-state index is 0.413. The van der Waals surface area contributed by atoms with Gasteiger partial charge in [0.1, 0.15) is 5.52 Å². The Hall–Kier alpha value is -1.68. The Labute approximate surface area is 196 Å². The van der Waals surface area contributed by atoms with Crippen molar-refractivity contribution in [2.24, 2.45) is 0 Å². The van der Waals surface area contributed by atoms with Gasteiger partial charge in [0.05, 0.1) is 5.52 Å². The smallest absolute Gasteiger partial charge is 0.298 e. The van der Waals surface area contributed by atoms with Crippen molar-refractivity contribution in [1.82, 2.24) is 15.3 Å². The summed E-state index contributed by atoms with van der Waals surface area (Å²) in [4.78, 5) is 10.2. The molecule has 2 N–H and O–H groups in total. The van der Waals surface area contributed by atoms with Crippen LogP contribution in [0.15, 0.2) is 42.0 Å². The number of aromatic amines is 1. The van der Waals surface area contributed by atoms with E-state index in [0.717, 1.165) is 67.9 Å².